The molecule has 14 heavy (non-hydrogen) atoms. The standard InChI is InChI=1S/C9H17F3N2/c1-6-3-4-8(5-13-6)14-7(2)9(10,11)12/h6-8,13-14H,3-5H2,1-2H3. The second kappa shape index (κ2) is 4.49. The number of nitrogens with one attached hydrogen (secondary N) is 2. The van der Waals surface area contributed by atoms with Crippen LogP contribution in [0.25, 0.3) is 0 Å². The Labute approximate surface area is 82.2 Å². The lowest BCUT2D eigenvalue weighted by Gasteiger charge is -2.31. The summed E-state index contributed by atoms with van der Waals surface area (Å²) >= 11 is 0. The van der Waals surface area contributed by atoms with Gasteiger partial charge >= 0.3 is 6.18 Å². The summed E-state index contributed by atoms with van der Waals surface area (Å²) in [4.78, 5) is 0. The second-order valence-electron chi connectivity index (χ2n) is 4.01. The van der Waals surface area contributed by atoms with Crippen molar-refractivity contribution in [1.29, 1.82) is 0 Å². The predicted molar refractivity (Wildman–Crippen MR) is 49.1 cm³/mol. The van der Waals surface area contributed by atoms with Gasteiger partial charge in [0.05, 0.1) is 0 Å². The minimum absolute atomic E-state index is 0.0529. The summed E-state index contributed by atoms with van der Waals surface area (Å²) in [6.07, 6.45) is -2.39. The lowest BCUT2D eigenvalue weighted by atomic mass is 10.0. The Morgan fingerprint density at radius 3 is 2.43 bits per heavy atom. The van der Waals surface area contributed by atoms with Gasteiger partial charge in [0.2, 0.25) is 0 Å². The number of hydrogen-bond acceptors (Lipinski definition) is 2. The molecular formula is C9H17F3N2. The number of rotatable bonds is 2. The molecule has 1 aliphatic rings. The van der Waals surface area contributed by atoms with Crippen LogP contribution >= 0.6 is 0 Å². The monoisotopic (exact) mass is 210 g/mol. The maximum Gasteiger partial charge on any atom is 0.403 e. The first-order valence-electron chi connectivity index (χ1n) is 4.95. The number of hydrogen-bond donors (Lipinski definition) is 2. The molecule has 0 amide bonds. The van der Waals surface area contributed by atoms with Crippen molar-refractivity contribution in [3.63, 3.8) is 0 Å². The molecule has 1 fully saturated rings. The van der Waals surface area contributed by atoms with Crippen LogP contribution in [-0.2, 0) is 0 Å². The van der Waals surface area contributed by atoms with Crippen LogP contribution in [0.1, 0.15) is 26.7 Å². The van der Waals surface area contributed by atoms with Crippen LogP contribution in [0.5, 0.6) is 0 Å². The summed E-state index contributed by atoms with van der Waals surface area (Å²) in [6, 6.07) is -1.04. The predicted octanol–water partition coefficient (Wildman–Crippen LogP) is 1.67. The molecule has 1 heterocycles. The van der Waals surface area contributed by atoms with Crippen LogP contribution in [0.3, 0.4) is 0 Å². The largest absolute Gasteiger partial charge is 0.403 e. The summed E-state index contributed by atoms with van der Waals surface area (Å²) in [7, 11) is 0. The van der Waals surface area contributed by atoms with Crippen molar-refractivity contribution in [2.45, 2.75) is 51.0 Å². The van der Waals surface area contributed by atoms with Gasteiger partial charge in [0.25, 0.3) is 0 Å². The molecule has 0 bridgehead atoms. The van der Waals surface area contributed by atoms with Crippen LogP contribution in [0.2, 0.25) is 0 Å². The molecular weight excluding hydrogens is 193 g/mol. The summed E-state index contributed by atoms with van der Waals surface area (Å²) in [5.74, 6) is 0. The lowest BCUT2D eigenvalue weighted by molar-refractivity contribution is -0.153. The van der Waals surface area contributed by atoms with E-state index in [1.807, 2.05) is 6.92 Å². The van der Waals surface area contributed by atoms with Gasteiger partial charge in [-0.05, 0) is 26.7 Å². The number of piperidine rings is 1. The highest BCUT2D eigenvalue weighted by atomic mass is 19.4. The van der Waals surface area contributed by atoms with E-state index in [-0.39, 0.29) is 6.04 Å². The van der Waals surface area contributed by atoms with Crippen LogP contribution in [0.4, 0.5) is 13.2 Å². The summed E-state index contributed by atoms with van der Waals surface area (Å²) < 4.78 is 36.6. The Kier molecular flexibility index (Phi) is 3.78. The first-order valence-corrected chi connectivity index (χ1v) is 4.95. The third-order valence-corrected chi connectivity index (χ3v) is 2.64. The Morgan fingerprint density at radius 1 is 1.36 bits per heavy atom. The van der Waals surface area contributed by atoms with Crippen molar-refractivity contribution in [2.24, 2.45) is 0 Å². The van der Waals surface area contributed by atoms with Gasteiger partial charge in [-0.15, -0.1) is 0 Å². The van der Waals surface area contributed by atoms with E-state index < -0.39 is 12.2 Å². The molecule has 3 atom stereocenters. The van der Waals surface area contributed by atoms with Gasteiger partial charge in [0, 0.05) is 18.6 Å². The molecule has 0 saturated carbocycles. The SMILES string of the molecule is CC1CCC(NC(C)C(F)(F)F)CN1. The molecule has 0 aromatic rings. The molecule has 0 aromatic heterocycles. The molecule has 3 unspecified atom stereocenters. The Balaban J connectivity index is 2.31. The van der Waals surface area contributed by atoms with Crippen molar-refractivity contribution >= 4 is 0 Å². The van der Waals surface area contributed by atoms with Gasteiger partial charge < -0.3 is 10.6 Å². The summed E-state index contributed by atoms with van der Waals surface area (Å²) in [5, 5.41) is 5.75. The van der Waals surface area contributed by atoms with Gasteiger partial charge in [-0.2, -0.15) is 13.2 Å². The van der Waals surface area contributed by atoms with Crippen molar-refractivity contribution in [2.75, 3.05) is 6.54 Å². The fourth-order valence-corrected chi connectivity index (χ4v) is 1.59. The van der Waals surface area contributed by atoms with Crippen LogP contribution < -0.4 is 10.6 Å². The lowest BCUT2D eigenvalue weighted by Crippen LogP contribution is -2.52. The van der Waals surface area contributed by atoms with E-state index in [9.17, 15) is 13.2 Å². The molecule has 1 rings (SSSR count). The highest BCUT2D eigenvalue weighted by Gasteiger charge is 2.37. The van der Waals surface area contributed by atoms with Crippen molar-refractivity contribution in [3.05, 3.63) is 0 Å². The van der Waals surface area contributed by atoms with Gasteiger partial charge in [-0.1, -0.05) is 0 Å². The molecule has 1 aliphatic heterocycles. The fourth-order valence-electron chi connectivity index (χ4n) is 1.59. The van der Waals surface area contributed by atoms with Gasteiger partial charge in [0.15, 0.2) is 0 Å². The van der Waals surface area contributed by atoms with E-state index in [4.69, 9.17) is 0 Å². The number of halogens is 3. The van der Waals surface area contributed by atoms with Gasteiger partial charge in [-0.25, -0.2) is 0 Å². The van der Waals surface area contributed by atoms with Crippen molar-refractivity contribution < 1.29 is 13.2 Å². The zero-order valence-corrected chi connectivity index (χ0v) is 8.49. The van der Waals surface area contributed by atoms with E-state index in [1.54, 1.807) is 0 Å². The van der Waals surface area contributed by atoms with Crippen molar-refractivity contribution in [1.82, 2.24) is 10.6 Å². The fraction of sp³-hybridized carbons (Fsp3) is 1.00. The molecule has 1 saturated heterocycles. The zero-order chi connectivity index (χ0) is 10.8. The smallest absolute Gasteiger partial charge is 0.313 e. The Morgan fingerprint density at radius 2 is 2.00 bits per heavy atom. The topological polar surface area (TPSA) is 24.1 Å². The van der Waals surface area contributed by atoms with Crippen molar-refractivity contribution in [3.8, 4) is 0 Å². The molecule has 84 valence electrons. The highest BCUT2D eigenvalue weighted by molar-refractivity contribution is 4.83. The molecule has 0 aromatic carbocycles. The highest BCUT2D eigenvalue weighted by Crippen LogP contribution is 2.21. The number of alkyl halides is 3. The normalized spacial score (nSPS) is 31.5. The first kappa shape index (κ1) is 11.8. The minimum Gasteiger partial charge on any atom is -0.313 e. The van der Waals surface area contributed by atoms with E-state index in [0.717, 1.165) is 19.8 Å². The Hall–Kier alpha value is -0.290. The van der Waals surface area contributed by atoms with Gasteiger partial charge in [-0.3, -0.25) is 0 Å². The third kappa shape index (κ3) is 3.46. The third-order valence-electron chi connectivity index (χ3n) is 2.64. The maximum absolute atomic E-state index is 12.2. The second-order valence-corrected chi connectivity index (χ2v) is 4.01. The molecule has 0 radical (unpaired) electrons. The average Bonchev–Trinajstić information content (AvgIpc) is 2.07. The molecule has 2 N–H and O–H groups in total. The van der Waals surface area contributed by atoms with E-state index in [2.05, 4.69) is 10.6 Å². The summed E-state index contributed by atoms with van der Waals surface area (Å²) in [6.45, 7) is 3.84. The molecule has 5 heteroatoms. The van der Waals surface area contributed by atoms with E-state index >= 15 is 0 Å². The minimum atomic E-state index is -4.14. The average molecular weight is 210 g/mol. The van der Waals surface area contributed by atoms with E-state index in [0.29, 0.717) is 12.6 Å². The van der Waals surface area contributed by atoms with Crippen LogP contribution in [0.15, 0.2) is 0 Å². The molecule has 2 nitrogen and oxygen atoms in total. The first-order chi connectivity index (χ1) is 6.39. The molecule has 0 aliphatic carbocycles. The maximum atomic E-state index is 12.2. The summed E-state index contributed by atoms with van der Waals surface area (Å²) in [5.41, 5.74) is 0. The van der Waals surface area contributed by atoms with Crippen LogP contribution in [-0.4, -0.2) is 30.8 Å². The Bertz CT molecular complexity index is 173. The van der Waals surface area contributed by atoms with Gasteiger partial charge in [0.1, 0.15) is 6.04 Å². The van der Waals surface area contributed by atoms with E-state index in [1.165, 1.54) is 0 Å². The molecule has 0 spiro atoms. The van der Waals surface area contributed by atoms with Crippen LogP contribution in [0, 0.1) is 0 Å². The quantitative estimate of drug-likeness (QED) is 0.724. The zero-order valence-electron chi connectivity index (χ0n) is 8.49.